The molecule has 0 atom stereocenters. The first-order valence-corrected chi connectivity index (χ1v) is 9.40. The molecule has 150 valence electrons. The molecule has 1 aromatic heterocycles. The number of hydrogen-bond acceptors (Lipinski definition) is 5. The molecule has 0 aliphatic heterocycles. The van der Waals surface area contributed by atoms with Crippen molar-refractivity contribution in [2.75, 3.05) is 27.2 Å². The van der Waals surface area contributed by atoms with Gasteiger partial charge in [0.05, 0.1) is 38.9 Å². The fraction of sp³-hybridized carbons (Fsp3) is 0.227. The monoisotopic (exact) mass is 393 g/mol. The molecular formula is C22H23N3O4. The summed E-state index contributed by atoms with van der Waals surface area (Å²) in [6.45, 7) is 1.02. The second kappa shape index (κ2) is 9.16. The van der Waals surface area contributed by atoms with Crippen molar-refractivity contribution < 1.29 is 24.3 Å². The van der Waals surface area contributed by atoms with E-state index in [0.29, 0.717) is 17.7 Å². The Morgan fingerprint density at radius 1 is 1.03 bits per heavy atom. The van der Waals surface area contributed by atoms with Crippen LogP contribution in [-0.4, -0.2) is 49.0 Å². The average Bonchev–Trinajstić information content (AvgIpc) is 3.13. The Bertz CT molecular complexity index is 982. The SMILES string of the molecule is C[NH+](C)CCCOC(=O)c1c(-c2ccccc2)nn(-c2ccccc2)c1C(=O)[O-]. The molecule has 1 N–H and O–H groups in total. The van der Waals surface area contributed by atoms with Crippen molar-refractivity contribution in [1.82, 2.24) is 9.78 Å². The number of carbonyl (C=O) groups is 2. The lowest BCUT2D eigenvalue weighted by Gasteiger charge is -2.11. The predicted octanol–water partition coefficient (Wildman–Crippen LogP) is 0.594. The Morgan fingerprint density at radius 2 is 1.66 bits per heavy atom. The maximum atomic E-state index is 12.9. The summed E-state index contributed by atoms with van der Waals surface area (Å²) < 4.78 is 6.60. The fourth-order valence-corrected chi connectivity index (χ4v) is 3.02. The number of rotatable bonds is 8. The van der Waals surface area contributed by atoms with Crippen LogP contribution in [0.1, 0.15) is 27.3 Å². The third kappa shape index (κ3) is 4.70. The van der Waals surface area contributed by atoms with E-state index in [9.17, 15) is 14.7 Å². The third-order valence-electron chi connectivity index (χ3n) is 4.39. The molecule has 0 spiro atoms. The van der Waals surface area contributed by atoms with Crippen LogP contribution in [0.4, 0.5) is 0 Å². The maximum absolute atomic E-state index is 12.9. The lowest BCUT2D eigenvalue weighted by atomic mass is 10.1. The summed E-state index contributed by atoms with van der Waals surface area (Å²) in [5, 5.41) is 16.4. The molecule has 0 radical (unpaired) electrons. The molecule has 7 heteroatoms. The number of benzene rings is 2. The van der Waals surface area contributed by atoms with Crippen LogP contribution < -0.4 is 10.0 Å². The number of carbonyl (C=O) groups excluding carboxylic acids is 2. The number of nitrogens with one attached hydrogen (secondary N) is 1. The minimum Gasteiger partial charge on any atom is -0.543 e. The second-order valence-electron chi connectivity index (χ2n) is 6.92. The minimum atomic E-state index is -1.49. The number of aromatic carboxylic acids is 1. The van der Waals surface area contributed by atoms with Gasteiger partial charge in [0.25, 0.3) is 0 Å². The first-order valence-electron chi connectivity index (χ1n) is 9.40. The van der Waals surface area contributed by atoms with E-state index in [1.54, 1.807) is 48.5 Å². The summed E-state index contributed by atoms with van der Waals surface area (Å²) in [7, 11) is 4.01. The quantitative estimate of drug-likeness (QED) is 0.447. The van der Waals surface area contributed by atoms with Crippen LogP contribution in [0.25, 0.3) is 16.9 Å². The summed E-state index contributed by atoms with van der Waals surface area (Å²) in [6.07, 6.45) is 0.669. The number of quaternary nitrogens is 1. The molecule has 3 aromatic rings. The highest BCUT2D eigenvalue weighted by Gasteiger charge is 2.27. The highest BCUT2D eigenvalue weighted by molar-refractivity contribution is 6.05. The van der Waals surface area contributed by atoms with Crippen molar-refractivity contribution in [2.45, 2.75) is 6.42 Å². The third-order valence-corrected chi connectivity index (χ3v) is 4.39. The van der Waals surface area contributed by atoms with Crippen molar-refractivity contribution in [3.8, 4) is 16.9 Å². The molecule has 0 aliphatic carbocycles. The van der Waals surface area contributed by atoms with E-state index in [1.165, 1.54) is 9.58 Å². The molecule has 0 bridgehead atoms. The maximum Gasteiger partial charge on any atom is 0.342 e. The van der Waals surface area contributed by atoms with E-state index < -0.39 is 11.9 Å². The molecule has 0 saturated carbocycles. The van der Waals surface area contributed by atoms with Gasteiger partial charge in [0, 0.05) is 12.0 Å². The summed E-state index contributed by atoms with van der Waals surface area (Å²) in [6, 6.07) is 17.7. The molecule has 1 heterocycles. The van der Waals surface area contributed by atoms with E-state index in [-0.39, 0.29) is 23.6 Å². The van der Waals surface area contributed by atoms with Gasteiger partial charge in [-0.25, -0.2) is 9.48 Å². The standard InChI is InChI=1S/C22H23N3O4/c1-24(2)14-9-15-29-22(28)18-19(16-10-5-3-6-11-16)23-25(20(18)21(26)27)17-12-7-4-8-13-17/h3-8,10-13H,9,14-15H2,1-2H3,(H,26,27). The minimum absolute atomic E-state index is 0.0998. The van der Waals surface area contributed by atoms with Gasteiger partial charge >= 0.3 is 5.97 Å². The molecular weight excluding hydrogens is 370 g/mol. The van der Waals surface area contributed by atoms with Crippen LogP contribution in [-0.2, 0) is 4.74 Å². The first-order chi connectivity index (χ1) is 14.0. The topological polar surface area (TPSA) is 88.7 Å². The lowest BCUT2D eigenvalue weighted by molar-refractivity contribution is -0.858. The van der Waals surface area contributed by atoms with Crippen molar-refractivity contribution in [3.05, 3.63) is 71.9 Å². The van der Waals surface area contributed by atoms with Crippen LogP contribution in [0, 0.1) is 0 Å². The van der Waals surface area contributed by atoms with Crippen LogP contribution in [0.2, 0.25) is 0 Å². The Hall–Kier alpha value is -3.45. The van der Waals surface area contributed by atoms with E-state index in [4.69, 9.17) is 4.74 Å². The molecule has 0 aliphatic rings. The molecule has 0 fully saturated rings. The van der Waals surface area contributed by atoms with Gasteiger partial charge in [0.1, 0.15) is 17.0 Å². The van der Waals surface area contributed by atoms with Crippen LogP contribution in [0.5, 0.6) is 0 Å². The number of hydrogen-bond donors (Lipinski definition) is 1. The number of aromatic nitrogens is 2. The van der Waals surface area contributed by atoms with Crippen molar-refractivity contribution in [2.24, 2.45) is 0 Å². The van der Waals surface area contributed by atoms with Crippen LogP contribution in [0.3, 0.4) is 0 Å². The molecule has 0 amide bonds. The second-order valence-corrected chi connectivity index (χ2v) is 6.92. The molecule has 0 saturated heterocycles. The Labute approximate surface area is 169 Å². The highest BCUT2D eigenvalue weighted by atomic mass is 16.5. The Balaban J connectivity index is 2.07. The molecule has 3 rings (SSSR count). The summed E-state index contributed by atoms with van der Waals surface area (Å²) in [4.78, 5) is 26.1. The molecule has 0 unspecified atom stereocenters. The van der Waals surface area contributed by atoms with Crippen LogP contribution in [0.15, 0.2) is 60.7 Å². The number of esters is 1. The van der Waals surface area contributed by atoms with E-state index in [1.807, 2.05) is 26.2 Å². The summed E-state index contributed by atoms with van der Waals surface area (Å²) in [5.41, 5.74) is 0.959. The van der Waals surface area contributed by atoms with Gasteiger partial charge in [-0.15, -0.1) is 0 Å². The fourth-order valence-electron chi connectivity index (χ4n) is 3.02. The number of ether oxygens (including phenoxy) is 1. The zero-order chi connectivity index (χ0) is 20.8. The number of nitrogens with zero attached hydrogens (tertiary/aromatic N) is 2. The molecule has 2 aromatic carbocycles. The van der Waals surface area contributed by atoms with E-state index in [0.717, 1.165) is 6.54 Å². The highest BCUT2D eigenvalue weighted by Crippen LogP contribution is 2.28. The van der Waals surface area contributed by atoms with E-state index in [2.05, 4.69) is 5.10 Å². The van der Waals surface area contributed by atoms with Crippen LogP contribution >= 0.6 is 0 Å². The smallest absolute Gasteiger partial charge is 0.342 e. The Morgan fingerprint density at radius 3 is 2.24 bits per heavy atom. The van der Waals surface area contributed by atoms with Crippen molar-refractivity contribution >= 4 is 11.9 Å². The first kappa shape index (κ1) is 20.3. The molecule has 7 nitrogen and oxygen atoms in total. The zero-order valence-electron chi connectivity index (χ0n) is 16.4. The largest absolute Gasteiger partial charge is 0.543 e. The van der Waals surface area contributed by atoms with Gasteiger partial charge in [-0.2, -0.15) is 5.10 Å². The number of carboxylic acid groups (broad SMARTS) is 1. The van der Waals surface area contributed by atoms with Gasteiger partial charge in [0.2, 0.25) is 0 Å². The van der Waals surface area contributed by atoms with Gasteiger partial charge in [-0.05, 0) is 12.1 Å². The van der Waals surface area contributed by atoms with Crippen molar-refractivity contribution in [1.29, 1.82) is 0 Å². The summed E-state index contributed by atoms with van der Waals surface area (Å²) in [5.74, 6) is -2.22. The van der Waals surface area contributed by atoms with E-state index >= 15 is 0 Å². The normalized spacial score (nSPS) is 10.9. The Kier molecular flexibility index (Phi) is 6.41. The van der Waals surface area contributed by atoms with Gasteiger partial charge in [-0.1, -0.05) is 48.5 Å². The van der Waals surface area contributed by atoms with Gasteiger partial charge < -0.3 is 19.5 Å². The predicted molar refractivity (Wildman–Crippen MR) is 106 cm³/mol. The lowest BCUT2D eigenvalue weighted by Crippen LogP contribution is -3.05. The number of para-hydroxylation sites is 1. The van der Waals surface area contributed by atoms with Gasteiger partial charge in [0.15, 0.2) is 0 Å². The molecule has 29 heavy (non-hydrogen) atoms. The zero-order valence-corrected chi connectivity index (χ0v) is 16.4. The van der Waals surface area contributed by atoms with Gasteiger partial charge in [-0.3, -0.25) is 0 Å². The number of carboxylic acids is 1. The van der Waals surface area contributed by atoms with Crippen molar-refractivity contribution in [3.63, 3.8) is 0 Å². The summed E-state index contributed by atoms with van der Waals surface area (Å²) >= 11 is 0. The average molecular weight is 393 g/mol.